The maximum Gasteiger partial charge on any atom is 0.0916 e. The average molecular weight is 175 g/mol. The van der Waals surface area contributed by atoms with Crippen molar-refractivity contribution in [3.05, 3.63) is 0 Å². The number of rotatable bonds is 2. The van der Waals surface area contributed by atoms with E-state index >= 15 is 0 Å². The Labute approximate surface area is 74.8 Å². The lowest BCUT2D eigenvalue weighted by Gasteiger charge is -2.27. The summed E-state index contributed by atoms with van der Waals surface area (Å²) >= 11 is 0. The molecule has 0 atom stereocenters. The maximum absolute atomic E-state index is 8.38. The SMILES string of the molecule is C[N+]1(CCC#N)CCCC1.[Cl-]. The van der Waals surface area contributed by atoms with Crippen LogP contribution in [0.5, 0.6) is 0 Å². The quantitative estimate of drug-likeness (QED) is 0.451. The van der Waals surface area contributed by atoms with Crippen molar-refractivity contribution >= 4 is 0 Å². The van der Waals surface area contributed by atoms with E-state index in [0.717, 1.165) is 17.4 Å². The molecule has 1 fully saturated rings. The standard InChI is InChI=1S/C8H15N2.ClH/c1-10(8-4-5-9)6-2-3-7-10;/h2-4,6-8H2,1H3;1H/q+1;/p-1. The van der Waals surface area contributed by atoms with Crippen molar-refractivity contribution < 1.29 is 16.9 Å². The van der Waals surface area contributed by atoms with Gasteiger partial charge < -0.3 is 16.9 Å². The summed E-state index contributed by atoms with van der Waals surface area (Å²) in [7, 11) is 2.25. The minimum atomic E-state index is 0. The lowest BCUT2D eigenvalue weighted by molar-refractivity contribution is -0.897. The summed E-state index contributed by atoms with van der Waals surface area (Å²) in [6.45, 7) is 3.61. The van der Waals surface area contributed by atoms with Gasteiger partial charge in [-0.05, 0) is 0 Å². The zero-order valence-corrected chi connectivity index (χ0v) is 7.77. The number of quaternary nitrogens is 1. The Morgan fingerprint density at radius 3 is 2.36 bits per heavy atom. The summed E-state index contributed by atoms with van der Waals surface area (Å²) in [5.41, 5.74) is 0. The molecule has 2 nitrogen and oxygen atoms in total. The van der Waals surface area contributed by atoms with Gasteiger partial charge in [0.25, 0.3) is 0 Å². The minimum absolute atomic E-state index is 0. The van der Waals surface area contributed by atoms with Gasteiger partial charge in [0, 0.05) is 12.8 Å². The summed E-state index contributed by atoms with van der Waals surface area (Å²) in [6, 6.07) is 2.20. The summed E-state index contributed by atoms with van der Waals surface area (Å²) < 4.78 is 1.13. The molecule has 0 aromatic rings. The van der Waals surface area contributed by atoms with Crippen molar-refractivity contribution in [2.75, 3.05) is 26.7 Å². The fourth-order valence-corrected chi connectivity index (χ4v) is 1.64. The third kappa shape index (κ3) is 3.09. The first kappa shape index (κ1) is 10.7. The lowest BCUT2D eigenvalue weighted by atomic mass is 10.4. The summed E-state index contributed by atoms with van der Waals surface area (Å²) in [5.74, 6) is 0. The molecule has 0 bridgehead atoms. The van der Waals surface area contributed by atoms with Crippen molar-refractivity contribution in [2.24, 2.45) is 0 Å². The molecular formula is C8H15ClN2. The highest BCUT2D eigenvalue weighted by Gasteiger charge is 2.25. The van der Waals surface area contributed by atoms with Gasteiger partial charge in [0.15, 0.2) is 0 Å². The molecule has 1 aliphatic heterocycles. The van der Waals surface area contributed by atoms with Crippen LogP contribution in [0.3, 0.4) is 0 Å². The molecule has 0 saturated carbocycles. The molecule has 0 radical (unpaired) electrons. The fourth-order valence-electron chi connectivity index (χ4n) is 1.64. The Bertz CT molecular complexity index is 145. The van der Waals surface area contributed by atoms with Crippen LogP contribution in [0.25, 0.3) is 0 Å². The highest BCUT2D eigenvalue weighted by Crippen LogP contribution is 2.15. The Hall–Kier alpha value is -0.260. The zero-order valence-electron chi connectivity index (χ0n) is 7.02. The largest absolute Gasteiger partial charge is 1.00 e. The second-order valence-corrected chi connectivity index (χ2v) is 3.41. The Kier molecular flexibility index (Phi) is 4.48. The van der Waals surface area contributed by atoms with Crippen molar-refractivity contribution in [1.29, 1.82) is 5.26 Å². The normalized spacial score (nSPS) is 20.4. The molecule has 0 aromatic heterocycles. The first-order chi connectivity index (χ1) is 4.77. The zero-order chi connectivity index (χ0) is 7.45. The second kappa shape index (κ2) is 4.58. The molecule has 0 spiro atoms. The van der Waals surface area contributed by atoms with Gasteiger partial charge in [0.2, 0.25) is 0 Å². The minimum Gasteiger partial charge on any atom is -1.00 e. The Morgan fingerprint density at radius 1 is 1.36 bits per heavy atom. The third-order valence-corrected chi connectivity index (χ3v) is 2.41. The Balaban J connectivity index is 0.000001000. The molecule has 11 heavy (non-hydrogen) atoms. The molecule has 3 heteroatoms. The smallest absolute Gasteiger partial charge is 0.0916 e. The molecule has 1 heterocycles. The molecule has 1 aliphatic rings. The highest BCUT2D eigenvalue weighted by molar-refractivity contribution is 4.68. The van der Waals surface area contributed by atoms with Gasteiger partial charge in [-0.15, -0.1) is 0 Å². The van der Waals surface area contributed by atoms with Gasteiger partial charge in [-0.25, -0.2) is 0 Å². The topological polar surface area (TPSA) is 23.8 Å². The van der Waals surface area contributed by atoms with Crippen LogP contribution in [0, 0.1) is 11.3 Å². The summed E-state index contributed by atoms with van der Waals surface area (Å²) in [5, 5.41) is 8.38. The van der Waals surface area contributed by atoms with E-state index in [0.29, 0.717) is 0 Å². The number of halogens is 1. The van der Waals surface area contributed by atoms with Crippen LogP contribution in [0.1, 0.15) is 19.3 Å². The van der Waals surface area contributed by atoms with Crippen molar-refractivity contribution in [2.45, 2.75) is 19.3 Å². The average Bonchev–Trinajstić information content (AvgIpc) is 2.33. The van der Waals surface area contributed by atoms with Crippen molar-refractivity contribution in [1.82, 2.24) is 0 Å². The molecular weight excluding hydrogens is 160 g/mol. The highest BCUT2D eigenvalue weighted by atomic mass is 35.5. The molecule has 0 aromatic carbocycles. The first-order valence-corrected chi connectivity index (χ1v) is 3.97. The summed E-state index contributed by atoms with van der Waals surface area (Å²) in [4.78, 5) is 0. The first-order valence-electron chi connectivity index (χ1n) is 3.97. The number of hydrogen-bond acceptors (Lipinski definition) is 1. The predicted octanol–water partition coefficient (Wildman–Crippen LogP) is -1.86. The van der Waals surface area contributed by atoms with Crippen LogP contribution in [-0.2, 0) is 0 Å². The number of hydrogen-bond donors (Lipinski definition) is 0. The summed E-state index contributed by atoms with van der Waals surface area (Å²) in [6.07, 6.45) is 3.42. The van der Waals surface area contributed by atoms with E-state index in [1.54, 1.807) is 0 Å². The van der Waals surface area contributed by atoms with Gasteiger partial charge in [0.05, 0.1) is 39.2 Å². The second-order valence-electron chi connectivity index (χ2n) is 3.41. The molecule has 0 amide bonds. The van der Waals surface area contributed by atoms with E-state index in [9.17, 15) is 0 Å². The van der Waals surface area contributed by atoms with E-state index in [1.165, 1.54) is 25.9 Å². The van der Waals surface area contributed by atoms with Gasteiger partial charge in [-0.3, -0.25) is 0 Å². The van der Waals surface area contributed by atoms with Gasteiger partial charge in [-0.1, -0.05) is 0 Å². The predicted molar refractivity (Wildman–Crippen MR) is 40.2 cm³/mol. The van der Waals surface area contributed by atoms with Gasteiger partial charge in [-0.2, -0.15) is 5.26 Å². The molecule has 0 aliphatic carbocycles. The molecule has 1 rings (SSSR count). The van der Waals surface area contributed by atoms with E-state index in [1.807, 2.05) is 0 Å². The van der Waals surface area contributed by atoms with Gasteiger partial charge >= 0.3 is 0 Å². The molecule has 64 valence electrons. The number of nitriles is 1. The van der Waals surface area contributed by atoms with Crippen molar-refractivity contribution in [3.63, 3.8) is 0 Å². The lowest BCUT2D eigenvalue weighted by Crippen LogP contribution is -3.00. The van der Waals surface area contributed by atoms with Crippen LogP contribution < -0.4 is 12.4 Å². The van der Waals surface area contributed by atoms with E-state index in [4.69, 9.17) is 5.26 Å². The Morgan fingerprint density at radius 2 is 1.91 bits per heavy atom. The van der Waals surface area contributed by atoms with Crippen LogP contribution in [0.4, 0.5) is 0 Å². The van der Waals surface area contributed by atoms with E-state index < -0.39 is 0 Å². The fraction of sp³-hybridized carbons (Fsp3) is 0.875. The molecule has 0 N–H and O–H groups in total. The monoisotopic (exact) mass is 174 g/mol. The van der Waals surface area contributed by atoms with Crippen molar-refractivity contribution in [3.8, 4) is 6.07 Å². The van der Waals surface area contributed by atoms with Gasteiger partial charge in [0.1, 0.15) is 0 Å². The van der Waals surface area contributed by atoms with E-state index in [2.05, 4.69) is 13.1 Å². The molecule has 0 unspecified atom stereocenters. The third-order valence-electron chi connectivity index (χ3n) is 2.41. The van der Waals surface area contributed by atoms with Crippen LogP contribution >= 0.6 is 0 Å². The number of likely N-dealkylation sites (tertiary alicyclic amines) is 1. The van der Waals surface area contributed by atoms with E-state index in [-0.39, 0.29) is 12.4 Å². The molecule has 1 saturated heterocycles. The van der Waals surface area contributed by atoms with Crippen LogP contribution in [-0.4, -0.2) is 31.2 Å². The number of nitrogens with zero attached hydrogens (tertiary/aromatic N) is 2. The van der Waals surface area contributed by atoms with Crippen LogP contribution in [0.15, 0.2) is 0 Å². The maximum atomic E-state index is 8.38. The van der Waals surface area contributed by atoms with Crippen LogP contribution in [0.2, 0.25) is 0 Å².